The van der Waals surface area contributed by atoms with E-state index in [0.717, 1.165) is 31.2 Å². The molecule has 2 fully saturated rings. The first-order valence-corrected chi connectivity index (χ1v) is 9.15. The molecule has 21 heavy (non-hydrogen) atoms. The minimum absolute atomic E-state index is 0.0113. The van der Waals surface area contributed by atoms with Crippen molar-refractivity contribution in [3.63, 3.8) is 0 Å². The minimum atomic E-state index is -3.59. The molecule has 1 aromatic carbocycles. The summed E-state index contributed by atoms with van der Waals surface area (Å²) in [6.45, 7) is 1.93. The average molecular weight is 311 g/mol. The fourth-order valence-electron chi connectivity index (χ4n) is 3.70. The van der Waals surface area contributed by atoms with E-state index in [1.807, 2.05) is 6.92 Å². The Bertz CT molecular complexity index is 599. The molecule has 0 aromatic heterocycles. The second-order valence-electron chi connectivity index (χ2n) is 6.33. The lowest BCUT2D eigenvalue weighted by Crippen LogP contribution is -2.53. The molecule has 0 unspecified atom stereocenters. The molecule has 116 valence electrons. The maximum absolute atomic E-state index is 14.0. The Kier molecular flexibility index (Phi) is 4.06. The molecule has 3 nitrogen and oxygen atoms in total. The summed E-state index contributed by atoms with van der Waals surface area (Å²) >= 11 is 0. The highest BCUT2D eigenvalue weighted by molar-refractivity contribution is 7.89. The Morgan fingerprint density at radius 2 is 1.81 bits per heavy atom. The van der Waals surface area contributed by atoms with Gasteiger partial charge in [-0.2, -0.15) is 4.31 Å². The Labute approximate surface area is 126 Å². The van der Waals surface area contributed by atoms with Gasteiger partial charge < -0.3 is 0 Å². The van der Waals surface area contributed by atoms with Crippen LogP contribution in [0.1, 0.15) is 37.7 Å². The molecule has 1 aliphatic heterocycles. The van der Waals surface area contributed by atoms with Crippen molar-refractivity contribution >= 4 is 10.0 Å². The van der Waals surface area contributed by atoms with Gasteiger partial charge in [0.25, 0.3) is 0 Å². The number of alkyl halides is 1. The van der Waals surface area contributed by atoms with Gasteiger partial charge in [-0.05, 0) is 44.2 Å². The molecule has 1 saturated heterocycles. The highest BCUT2D eigenvalue weighted by atomic mass is 32.2. The Hall–Kier alpha value is -0.940. The average Bonchev–Trinajstić information content (AvgIpc) is 2.46. The second kappa shape index (κ2) is 5.69. The zero-order valence-corrected chi connectivity index (χ0v) is 13.2. The summed E-state index contributed by atoms with van der Waals surface area (Å²) in [7, 11) is -3.59. The lowest BCUT2D eigenvalue weighted by Gasteiger charge is -2.44. The number of sulfonamides is 1. The topological polar surface area (TPSA) is 37.4 Å². The number of rotatable bonds is 2. The molecule has 3 atom stereocenters. The molecule has 5 heteroatoms. The minimum Gasteiger partial charge on any atom is -0.246 e. The number of hydrogen-bond donors (Lipinski definition) is 0. The maximum Gasteiger partial charge on any atom is 0.243 e. The molecule has 1 saturated carbocycles. The van der Waals surface area contributed by atoms with Gasteiger partial charge >= 0.3 is 0 Å². The standard InChI is InChI=1S/C16H22FNO2S/c1-12-6-8-15(9-7-12)21(19,20)18-11-14(17)10-13-4-2-3-5-16(13)18/h6-9,13-14,16H,2-5,10-11H2,1H3/t13-,14+,16+/m0/s1. The van der Waals surface area contributed by atoms with Crippen molar-refractivity contribution in [2.45, 2.75) is 56.1 Å². The third-order valence-electron chi connectivity index (χ3n) is 4.80. The Morgan fingerprint density at radius 3 is 2.52 bits per heavy atom. The number of hydrogen-bond acceptors (Lipinski definition) is 2. The zero-order chi connectivity index (χ0) is 15.0. The molecular weight excluding hydrogens is 289 g/mol. The predicted octanol–water partition coefficient (Wildman–Crippen LogP) is 3.29. The largest absolute Gasteiger partial charge is 0.246 e. The molecular formula is C16H22FNO2S. The molecule has 0 amide bonds. The molecule has 1 heterocycles. The van der Waals surface area contributed by atoms with Crippen LogP contribution < -0.4 is 0 Å². The highest BCUT2D eigenvalue weighted by Crippen LogP contribution is 2.38. The predicted molar refractivity (Wildman–Crippen MR) is 80.3 cm³/mol. The van der Waals surface area contributed by atoms with Gasteiger partial charge in [0.2, 0.25) is 10.0 Å². The molecule has 0 bridgehead atoms. The van der Waals surface area contributed by atoms with Crippen LogP contribution in [0.3, 0.4) is 0 Å². The van der Waals surface area contributed by atoms with Crippen LogP contribution in [0.5, 0.6) is 0 Å². The maximum atomic E-state index is 14.0. The van der Waals surface area contributed by atoms with Crippen LogP contribution >= 0.6 is 0 Å². The number of fused-ring (bicyclic) bond motifs is 1. The lowest BCUT2D eigenvalue weighted by atomic mass is 9.79. The van der Waals surface area contributed by atoms with Crippen molar-refractivity contribution in [2.24, 2.45) is 5.92 Å². The lowest BCUT2D eigenvalue weighted by molar-refractivity contribution is 0.0697. The van der Waals surface area contributed by atoms with Gasteiger partial charge in [-0.25, -0.2) is 12.8 Å². The van der Waals surface area contributed by atoms with E-state index in [1.165, 1.54) is 4.31 Å². The zero-order valence-electron chi connectivity index (χ0n) is 12.3. The molecule has 1 aromatic rings. The number of aryl methyl sites for hydroxylation is 1. The second-order valence-corrected chi connectivity index (χ2v) is 8.22. The van der Waals surface area contributed by atoms with Gasteiger partial charge in [0.15, 0.2) is 0 Å². The van der Waals surface area contributed by atoms with Crippen molar-refractivity contribution in [1.82, 2.24) is 4.31 Å². The summed E-state index contributed by atoms with van der Waals surface area (Å²) in [6, 6.07) is 6.83. The Balaban J connectivity index is 1.94. The van der Waals surface area contributed by atoms with Crippen LogP contribution in [0.2, 0.25) is 0 Å². The fourth-order valence-corrected chi connectivity index (χ4v) is 5.44. The van der Waals surface area contributed by atoms with Gasteiger partial charge in [-0.1, -0.05) is 30.5 Å². The SMILES string of the molecule is Cc1ccc(S(=O)(=O)N2C[C@H](F)C[C@@H]3CCCC[C@H]32)cc1. The fraction of sp³-hybridized carbons (Fsp3) is 0.625. The summed E-state index contributed by atoms with van der Waals surface area (Å²) < 4.78 is 41.2. The first-order valence-electron chi connectivity index (χ1n) is 7.71. The molecule has 2 aliphatic rings. The molecule has 0 N–H and O–H groups in total. The summed E-state index contributed by atoms with van der Waals surface area (Å²) in [4.78, 5) is 0.284. The molecule has 3 rings (SSSR count). The number of halogens is 1. The van der Waals surface area contributed by atoms with E-state index in [9.17, 15) is 12.8 Å². The third kappa shape index (κ3) is 2.86. The third-order valence-corrected chi connectivity index (χ3v) is 6.71. The van der Waals surface area contributed by atoms with Gasteiger partial charge in [-0.3, -0.25) is 0 Å². The summed E-state index contributed by atoms with van der Waals surface area (Å²) in [5, 5.41) is 0. The molecule has 1 aliphatic carbocycles. The Morgan fingerprint density at radius 1 is 1.14 bits per heavy atom. The summed E-state index contributed by atoms with van der Waals surface area (Å²) in [5.74, 6) is 0.183. The first-order chi connectivity index (χ1) is 9.98. The van der Waals surface area contributed by atoms with Crippen LogP contribution in [0.25, 0.3) is 0 Å². The highest BCUT2D eigenvalue weighted by Gasteiger charge is 2.43. The first kappa shape index (κ1) is 15.0. The van der Waals surface area contributed by atoms with Crippen molar-refractivity contribution in [3.8, 4) is 0 Å². The molecule has 0 spiro atoms. The van der Waals surface area contributed by atoms with E-state index in [4.69, 9.17) is 0 Å². The van der Waals surface area contributed by atoms with Crippen molar-refractivity contribution in [1.29, 1.82) is 0 Å². The normalized spacial score (nSPS) is 30.9. The van der Waals surface area contributed by atoms with Crippen molar-refractivity contribution in [3.05, 3.63) is 29.8 Å². The number of nitrogens with zero attached hydrogens (tertiary/aromatic N) is 1. The van der Waals surface area contributed by atoms with Gasteiger partial charge in [0, 0.05) is 12.6 Å². The van der Waals surface area contributed by atoms with Crippen LogP contribution in [-0.2, 0) is 10.0 Å². The van der Waals surface area contributed by atoms with E-state index in [0.29, 0.717) is 6.42 Å². The van der Waals surface area contributed by atoms with E-state index in [-0.39, 0.29) is 23.4 Å². The van der Waals surface area contributed by atoms with E-state index in [2.05, 4.69) is 0 Å². The number of benzene rings is 1. The van der Waals surface area contributed by atoms with Crippen molar-refractivity contribution < 1.29 is 12.8 Å². The van der Waals surface area contributed by atoms with Crippen LogP contribution in [0.15, 0.2) is 29.2 Å². The van der Waals surface area contributed by atoms with Gasteiger partial charge in [0.1, 0.15) is 6.17 Å². The summed E-state index contributed by atoms with van der Waals surface area (Å²) in [6.07, 6.45) is 3.42. The number of piperidine rings is 1. The van der Waals surface area contributed by atoms with Gasteiger partial charge in [-0.15, -0.1) is 0 Å². The van der Waals surface area contributed by atoms with Crippen molar-refractivity contribution in [2.75, 3.05) is 6.54 Å². The van der Waals surface area contributed by atoms with Crippen LogP contribution in [-0.4, -0.2) is 31.5 Å². The molecule has 0 radical (unpaired) electrons. The monoisotopic (exact) mass is 311 g/mol. The van der Waals surface area contributed by atoms with E-state index >= 15 is 0 Å². The van der Waals surface area contributed by atoms with E-state index in [1.54, 1.807) is 24.3 Å². The van der Waals surface area contributed by atoms with Gasteiger partial charge in [0.05, 0.1) is 4.90 Å². The quantitative estimate of drug-likeness (QED) is 0.840. The van der Waals surface area contributed by atoms with E-state index < -0.39 is 16.2 Å². The van der Waals surface area contributed by atoms with Crippen LogP contribution in [0.4, 0.5) is 4.39 Å². The summed E-state index contributed by atoms with van der Waals surface area (Å²) in [5.41, 5.74) is 1.02. The smallest absolute Gasteiger partial charge is 0.243 e. The van der Waals surface area contributed by atoms with Crippen LogP contribution in [0, 0.1) is 12.8 Å².